The van der Waals surface area contributed by atoms with Gasteiger partial charge in [-0.1, -0.05) is 131 Å². The fourth-order valence-corrected chi connectivity index (χ4v) is 6.60. The Labute approximate surface area is 200 Å². The zero-order valence-electron chi connectivity index (χ0n) is 19.9. The quantitative estimate of drug-likeness (QED) is 0.205. The Morgan fingerprint density at radius 3 is 1.58 bits per heavy atom. The molecule has 0 unspecified atom stereocenters. The highest BCUT2D eigenvalue weighted by atomic mass is 31.1. The fourth-order valence-electron chi connectivity index (χ4n) is 4.18. The van der Waals surface area contributed by atoms with E-state index in [9.17, 15) is 0 Å². The maximum Gasteiger partial charge on any atom is 0.0699 e. The molecule has 0 fully saturated rings. The maximum absolute atomic E-state index is 5.13. The smallest absolute Gasteiger partial charge is 0.0699 e. The molecular formula is C31H32NP. The summed E-state index contributed by atoms with van der Waals surface area (Å²) in [5, 5.41) is 4.04. The summed E-state index contributed by atoms with van der Waals surface area (Å²) in [6, 6.07) is 37.1. The van der Waals surface area contributed by atoms with Crippen LogP contribution in [0.5, 0.6) is 0 Å². The third kappa shape index (κ3) is 5.32. The van der Waals surface area contributed by atoms with Gasteiger partial charge in [0.2, 0.25) is 0 Å². The van der Waals surface area contributed by atoms with Crippen LogP contribution in [-0.2, 0) is 0 Å². The second-order valence-electron chi connectivity index (χ2n) is 8.92. The molecule has 0 saturated heterocycles. The highest BCUT2D eigenvalue weighted by Crippen LogP contribution is 2.36. The van der Waals surface area contributed by atoms with Crippen LogP contribution in [0, 0.1) is 0 Å². The normalized spacial score (nSPS) is 11.7. The SMILES string of the molecule is CC(C)c1cccc(C(C)C)c1/N=C\c1ccccc1P(c1ccccc1)c1ccccc1. The van der Waals surface area contributed by atoms with Gasteiger partial charge in [-0.3, -0.25) is 4.99 Å². The van der Waals surface area contributed by atoms with E-state index in [0.717, 1.165) is 5.69 Å². The number of hydrogen-bond donors (Lipinski definition) is 0. The molecule has 4 rings (SSSR count). The van der Waals surface area contributed by atoms with Crippen molar-refractivity contribution in [2.45, 2.75) is 39.5 Å². The van der Waals surface area contributed by atoms with Crippen LogP contribution in [0.3, 0.4) is 0 Å². The number of benzene rings is 4. The molecule has 4 aromatic rings. The van der Waals surface area contributed by atoms with Crippen molar-refractivity contribution in [1.82, 2.24) is 0 Å². The minimum atomic E-state index is -0.679. The molecule has 0 aliphatic carbocycles. The third-order valence-electron chi connectivity index (χ3n) is 5.88. The lowest BCUT2D eigenvalue weighted by Crippen LogP contribution is -2.23. The van der Waals surface area contributed by atoms with E-state index in [1.165, 1.54) is 32.6 Å². The molecule has 2 heteroatoms. The van der Waals surface area contributed by atoms with Crippen molar-refractivity contribution >= 4 is 35.7 Å². The average molecular weight is 450 g/mol. The van der Waals surface area contributed by atoms with Gasteiger partial charge in [0.1, 0.15) is 0 Å². The number of aliphatic imine (C=N–C) groups is 1. The van der Waals surface area contributed by atoms with Gasteiger partial charge in [0.25, 0.3) is 0 Å². The van der Waals surface area contributed by atoms with E-state index in [1.54, 1.807) is 0 Å². The zero-order chi connectivity index (χ0) is 23.2. The van der Waals surface area contributed by atoms with E-state index < -0.39 is 7.92 Å². The van der Waals surface area contributed by atoms with Gasteiger partial charge in [-0.25, -0.2) is 0 Å². The Balaban J connectivity index is 1.84. The number of nitrogens with zero attached hydrogens (tertiary/aromatic N) is 1. The summed E-state index contributed by atoms with van der Waals surface area (Å²) < 4.78 is 0. The summed E-state index contributed by atoms with van der Waals surface area (Å²) in [4.78, 5) is 5.13. The highest BCUT2D eigenvalue weighted by Gasteiger charge is 2.19. The van der Waals surface area contributed by atoms with Crippen LogP contribution in [0.25, 0.3) is 0 Å². The topological polar surface area (TPSA) is 12.4 Å². The molecule has 0 atom stereocenters. The summed E-state index contributed by atoms with van der Waals surface area (Å²) >= 11 is 0. The van der Waals surface area contributed by atoms with Crippen LogP contribution in [-0.4, -0.2) is 6.21 Å². The molecule has 166 valence electrons. The predicted molar refractivity (Wildman–Crippen MR) is 147 cm³/mol. The average Bonchev–Trinajstić information content (AvgIpc) is 2.84. The largest absolute Gasteiger partial charge is 0.256 e. The van der Waals surface area contributed by atoms with E-state index in [2.05, 4.69) is 137 Å². The summed E-state index contributed by atoms with van der Waals surface area (Å²) in [5.74, 6) is 0.855. The number of rotatable bonds is 7. The monoisotopic (exact) mass is 449 g/mol. The van der Waals surface area contributed by atoms with Crippen molar-refractivity contribution in [3.8, 4) is 0 Å². The molecule has 0 aliphatic rings. The van der Waals surface area contributed by atoms with Crippen molar-refractivity contribution in [3.63, 3.8) is 0 Å². The van der Waals surface area contributed by atoms with E-state index in [-0.39, 0.29) is 0 Å². The molecule has 0 aromatic heterocycles. The number of para-hydroxylation sites is 1. The first-order valence-corrected chi connectivity index (χ1v) is 13.1. The van der Waals surface area contributed by atoms with Gasteiger partial charge >= 0.3 is 0 Å². The lowest BCUT2D eigenvalue weighted by molar-refractivity contribution is 0.835. The minimum Gasteiger partial charge on any atom is -0.256 e. The van der Waals surface area contributed by atoms with Gasteiger partial charge in [-0.05, 0) is 46.8 Å². The van der Waals surface area contributed by atoms with Gasteiger partial charge in [-0.2, -0.15) is 0 Å². The molecule has 0 aliphatic heterocycles. The molecule has 33 heavy (non-hydrogen) atoms. The van der Waals surface area contributed by atoms with Crippen LogP contribution >= 0.6 is 7.92 Å². The minimum absolute atomic E-state index is 0.428. The van der Waals surface area contributed by atoms with Gasteiger partial charge < -0.3 is 0 Å². The molecule has 0 spiro atoms. The maximum atomic E-state index is 5.13. The highest BCUT2D eigenvalue weighted by molar-refractivity contribution is 7.80. The van der Waals surface area contributed by atoms with Crippen molar-refractivity contribution in [1.29, 1.82) is 0 Å². The summed E-state index contributed by atoms with van der Waals surface area (Å²) in [5.41, 5.74) is 4.93. The van der Waals surface area contributed by atoms with Gasteiger partial charge in [-0.15, -0.1) is 0 Å². The molecular weight excluding hydrogens is 417 g/mol. The third-order valence-corrected chi connectivity index (χ3v) is 8.40. The van der Waals surface area contributed by atoms with Crippen LogP contribution in [0.4, 0.5) is 5.69 Å². The molecule has 0 amide bonds. The first kappa shape index (κ1) is 23.1. The Morgan fingerprint density at radius 2 is 1.06 bits per heavy atom. The summed E-state index contributed by atoms with van der Waals surface area (Å²) in [6.45, 7) is 8.99. The van der Waals surface area contributed by atoms with E-state index >= 15 is 0 Å². The summed E-state index contributed by atoms with van der Waals surface area (Å²) in [7, 11) is -0.679. The predicted octanol–water partition coefficient (Wildman–Crippen LogP) is 7.44. The standard InChI is InChI=1S/C31H32NP/c1-23(2)28-19-13-20-29(24(3)4)31(28)32-22-25-14-11-12-21-30(25)33(26-15-7-5-8-16-26)27-17-9-6-10-18-27/h5-24H,1-4H3/b32-22-. The van der Waals surface area contributed by atoms with Gasteiger partial charge in [0.15, 0.2) is 0 Å². The first-order valence-electron chi connectivity index (χ1n) is 11.7. The van der Waals surface area contributed by atoms with E-state index in [0.29, 0.717) is 11.8 Å². The molecule has 0 saturated carbocycles. The molecule has 0 bridgehead atoms. The lowest BCUT2D eigenvalue weighted by atomic mass is 9.93. The Bertz CT molecular complexity index is 1140. The van der Waals surface area contributed by atoms with Crippen LogP contribution in [0.2, 0.25) is 0 Å². The van der Waals surface area contributed by atoms with E-state index in [1.807, 2.05) is 0 Å². The Kier molecular flexibility index (Phi) is 7.53. The van der Waals surface area contributed by atoms with Gasteiger partial charge in [0.05, 0.1) is 5.69 Å². The van der Waals surface area contributed by atoms with Crippen molar-refractivity contribution in [2.75, 3.05) is 0 Å². The van der Waals surface area contributed by atoms with Crippen molar-refractivity contribution < 1.29 is 0 Å². The van der Waals surface area contributed by atoms with Crippen LogP contribution in [0.1, 0.15) is 56.2 Å². The van der Waals surface area contributed by atoms with E-state index in [4.69, 9.17) is 4.99 Å². The van der Waals surface area contributed by atoms with Crippen LogP contribution < -0.4 is 15.9 Å². The van der Waals surface area contributed by atoms with Crippen molar-refractivity contribution in [3.05, 3.63) is 120 Å². The second kappa shape index (κ2) is 10.7. The fraction of sp³-hybridized carbons (Fsp3) is 0.194. The van der Waals surface area contributed by atoms with Crippen molar-refractivity contribution in [2.24, 2.45) is 4.99 Å². The second-order valence-corrected chi connectivity index (χ2v) is 11.1. The zero-order valence-corrected chi connectivity index (χ0v) is 20.8. The number of hydrogen-bond acceptors (Lipinski definition) is 1. The first-order chi connectivity index (χ1) is 16.1. The molecule has 0 radical (unpaired) electrons. The summed E-state index contributed by atoms with van der Waals surface area (Å²) in [6.07, 6.45) is 2.09. The lowest BCUT2D eigenvalue weighted by Gasteiger charge is -2.21. The molecule has 1 nitrogen and oxygen atoms in total. The molecule has 0 N–H and O–H groups in total. The Morgan fingerprint density at radius 1 is 0.576 bits per heavy atom. The molecule has 0 heterocycles. The molecule has 4 aromatic carbocycles. The van der Waals surface area contributed by atoms with Gasteiger partial charge in [0, 0.05) is 11.8 Å². The van der Waals surface area contributed by atoms with Crippen LogP contribution in [0.15, 0.2) is 108 Å². The Hall–Kier alpha value is -3.02.